The van der Waals surface area contributed by atoms with Gasteiger partial charge in [-0.1, -0.05) is 12.1 Å². The molecule has 5 nitrogen and oxygen atoms in total. The summed E-state index contributed by atoms with van der Waals surface area (Å²) < 4.78 is 0. The molecule has 0 spiro atoms. The number of carbonyl (C=O) groups is 2. The van der Waals surface area contributed by atoms with Gasteiger partial charge in [0.05, 0.1) is 0 Å². The van der Waals surface area contributed by atoms with Crippen molar-refractivity contribution >= 4 is 11.8 Å². The van der Waals surface area contributed by atoms with Gasteiger partial charge in [-0.15, -0.1) is 0 Å². The molecule has 1 aromatic carbocycles. The molecule has 0 heterocycles. The smallest absolute Gasteiger partial charge is 0.251 e. The van der Waals surface area contributed by atoms with Crippen molar-refractivity contribution in [3.63, 3.8) is 0 Å². The molecule has 2 rings (SSSR count). The fourth-order valence-electron chi connectivity index (χ4n) is 1.89. The van der Waals surface area contributed by atoms with Gasteiger partial charge in [-0.3, -0.25) is 9.59 Å². The zero-order valence-corrected chi connectivity index (χ0v) is 11.5. The summed E-state index contributed by atoms with van der Waals surface area (Å²) >= 11 is 0. The Hall–Kier alpha value is -1.88. The van der Waals surface area contributed by atoms with Crippen LogP contribution >= 0.6 is 0 Å². The number of nitrogens with one attached hydrogen (secondary N) is 2. The Morgan fingerprint density at radius 2 is 1.75 bits per heavy atom. The van der Waals surface area contributed by atoms with Crippen molar-refractivity contribution in [2.75, 3.05) is 13.1 Å². The molecule has 1 aliphatic rings. The van der Waals surface area contributed by atoms with E-state index in [1.807, 2.05) is 12.1 Å². The van der Waals surface area contributed by atoms with E-state index in [1.54, 1.807) is 12.1 Å². The molecule has 1 fully saturated rings. The Balaban J connectivity index is 1.62. The molecule has 0 aromatic heterocycles. The van der Waals surface area contributed by atoms with Crippen LogP contribution in [0.3, 0.4) is 0 Å². The van der Waals surface area contributed by atoms with E-state index in [4.69, 9.17) is 5.73 Å². The number of amides is 2. The lowest BCUT2D eigenvalue weighted by Gasteiger charge is -2.07. The van der Waals surface area contributed by atoms with Gasteiger partial charge in [0.15, 0.2) is 0 Å². The predicted molar refractivity (Wildman–Crippen MR) is 77.0 cm³/mol. The number of carbonyl (C=O) groups excluding carboxylic acids is 2. The van der Waals surface area contributed by atoms with Crippen LogP contribution in [0.25, 0.3) is 0 Å². The van der Waals surface area contributed by atoms with E-state index >= 15 is 0 Å². The van der Waals surface area contributed by atoms with Gasteiger partial charge in [0.1, 0.15) is 0 Å². The number of benzene rings is 1. The van der Waals surface area contributed by atoms with Crippen LogP contribution in [-0.4, -0.2) is 24.9 Å². The third-order valence-corrected chi connectivity index (χ3v) is 3.34. The molecule has 1 aliphatic carbocycles. The van der Waals surface area contributed by atoms with Crippen LogP contribution in [0.4, 0.5) is 0 Å². The minimum absolute atomic E-state index is 0.0953. The topological polar surface area (TPSA) is 84.2 Å². The molecule has 0 atom stereocenters. The predicted octanol–water partition coefficient (Wildman–Crippen LogP) is 0.791. The third-order valence-electron chi connectivity index (χ3n) is 3.34. The highest BCUT2D eigenvalue weighted by atomic mass is 16.2. The van der Waals surface area contributed by atoms with E-state index in [9.17, 15) is 9.59 Å². The molecule has 0 radical (unpaired) electrons. The summed E-state index contributed by atoms with van der Waals surface area (Å²) in [5.74, 6) is 0.293. The van der Waals surface area contributed by atoms with Gasteiger partial charge in [0.25, 0.3) is 5.91 Å². The van der Waals surface area contributed by atoms with Gasteiger partial charge < -0.3 is 16.4 Å². The summed E-state index contributed by atoms with van der Waals surface area (Å²) in [5, 5.41) is 5.70. The van der Waals surface area contributed by atoms with Crippen molar-refractivity contribution in [2.24, 2.45) is 11.7 Å². The zero-order chi connectivity index (χ0) is 14.4. The van der Waals surface area contributed by atoms with Crippen molar-refractivity contribution in [3.8, 4) is 0 Å². The van der Waals surface area contributed by atoms with E-state index in [-0.39, 0.29) is 17.7 Å². The van der Waals surface area contributed by atoms with E-state index < -0.39 is 0 Å². The van der Waals surface area contributed by atoms with E-state index in [0.717, 1.165) is 24.8 Å². The summed E-state index contributed by atoms with van der Waals surface area (Å²) in [6.45, 7) is 1.65. The Kier molecular flexibility index (Phi) is 5.12. The summed E-state index contributed by atoms with van der Waals surface area (Å²) in [6.07, 6.45) is 2.77. The highest BCUT2D eigenvalue weighted by Gasteiger charge is 2.28. The Morgan fingerprint density at radius 1 is 1.10 bits per heavy atom. The van der Waals surface area contributed by atoms with Crippen molar-refractivity contribution in [2.45, 2.75) is 25.8 Å². The van der Waals surface area contributed by atoms with Gasteiger partial charge in [-0.05, 0) is 37.0 Å². The minimum atomic E-state index is -0.0953. The largest absolute Gasteiger partial charge is 0.356 e. The van der Waals surface area contributed by atoms with Crippen molar-refractivity contribution in [1.82, 2.24) is 10.6 Å². The molecular formula is C15H21N3O2. The van der Waals surface area contributed by atoms with Crippen molar-refractivity contribution in [1.29, 1.82) is 0 Å². The molecule has 0 saturated heterocycles. The van der Waals surface area contributed by atoms with E-state index in [2.05, 4.69) is 10.6 Å². The zero-order valence-electron chi connectivity index (χ0n) is 11.5. The summed E-state index contributed by atoms with van der Waals surface area (Å²) in [7, 11) is 0. The first-order chi connectivity index (χ1) is 9.70. The fourth-order valence-corrected chi connectivity index (χ4v) is 1.89. The molecule has 1 aromatic rings. The number of nitrogens with two attached hydrogens (primary N) is 1. The second-order valence-electron chi connectivity index (χ2n) is 5.08. The van der Waals surface area contributed by atoms with E-state index in [1.165, 1.54) is 0 Å². The van der Waals surface area contributed by atoms with Gasteiger partial charge >= 0.3 is 0 Å². The highest BCUT2D eigenvalue weighted by molar-refractivity contribution is 5.94. The number of hydrogen-bond acceptors (Lipinski definition) is 3. The maximum Gasteiger partial charge on any atom is 0.251 e. The average Bonchev–Trinajstić information content (AvgIpc) is 3.31. The standard InChI is InChI=1S/C15H21N3O2/c16-10-11-2-4-12(5-3-11)14(19)17-8-1-9-18-15(20)13-6-7-13/h2-5,13H,1,6-10,16H2,(H,17,19)(H,18,20). The molecule has 0 bridgehead atoms. The Labute approximate surface area is 118 Å². The van der Waals surface area contributed by atoms with Crippen LogP contribution in [0, 0.1) is 5.92 Å². The maximum absolute atomic E-state index is 11.8. The average molecular weight is 275 g/mol. The fraction of sp³-hybridized carbons (Fsp3) is 0.467. The lowest BCUT2D eigenvalue weighted by Crippen LogP contribution is -2.30. The van der Waals surface area contributed by atoms with Crippen LogP contribution in [0.2, 0.25) is 0 Å². The van der Waals surface area contributed by atoms with Crippen LogP contribution in [0.5, 0.6) is 0 Å². The van der Waals surface area contributed by atoms with Gasteiger partial charge in [0, 0.05) is 31.1 Å². The van der Waals surface area contributed by atoms with E-state index in [0.29, 0.717) is 25.2 Å². The molecular weight excluding hydrogens is 254 g/mol. The Morgan fingerprint density at radius 3 is 2.35 bits per heavy atom. The normalized spacial score (nSPS) is 13.8. The van der Waals surface area contributed by atoms with Crippen LogP contribution in [0.15, 0.2) is 24.3 Å². The summed E-state index contributed by atoms with van der Waals surface area (Å²) in [4.78, 5) is 23.2. The van der Waals surface area contributed by atoms with Gasteiger partial charge in [0.2, 0.25) is 5.91 Å². The minimum Gasteiger partial charge on any atom is -0.356 e. The monoisotopic (exact) mass is 275 g/mol. The molecule has 4 N–H and O–H groups in total. The van der Waals surface area contributed by atoms with Gasteiger partial charge in [-0.25, -0.2) is 0 Å². The maximum atomic E-state index is 11.8. The van der Waals surface area contributed by atoms with Crippen LogP contribution in [-0.2, 0) is 11.3 Å². The lowest BCUT2D eigenvalue weighted by molar-refractivity contribution is -0.122. The lowest BCUT2D eigenvalue weighted by atomic mass is 10.1. The van der Waals surface area contributed by atoms with Crippen LogP contribution < -0.4 is 16.4 Å². The second-order valence-corrected chi connectivity index (χ2v) is 5.08. The van der Waals surface area contributed by atoms with Crippen molar-refractivity contribution < 1.29 is 9.59 Å². The number of rotatable bonds is 7. The first kappa shape index (κ1) is 14.5. The molecule has 1 saturated carbocycles. The summed E-state index contributed by atoms with van der Waals surface area (Å²) in [6, 6.07) is 7.24. The summed E-state index contributed by atoms with van der Waals surface area (Å²) in [5.41, 5.74) is 7.14. The molecule has 0 unspecified atom stereocenters. The molecule has 108 valence electrons. The number of hydrogen-bond donors (Lipinski definition) is 3. The molecule has 0 aliphatic heterocycles. The molecule has 2 amide bonds. The van der Waals surface area contributed by atoms with Crippen molar-refractivity contribution in [3.05, 3.63) is 35.4 Å². The third kappa shape index (κ3) is 4.35. The first-order valence-electron chi connectivity index (χ1n) is 7.05. The first-order valence-corrected chi connectivity index (χ1v) is 7.05. The van der Waals surface area contributed by atoms with Gasteiger partial charge in [-0.2, -0.15) is 0 Å². The molecule has 20 heavy (non-hydrogen) atoms. The quantitative estimate of drug-likeness (QED) is 0.643. The highest BCUT2D eigenvalue weighted by Crippen LogP contribution is 2.28. The second kappa shape index (κ2) is 7.05. The molecule has 5 heteroatoms. The van der Waals surface area contributed by atoms with Crippen LogP contribution in [0.1, 0.15) is 35.2 Å². The SMILES string of the molecule is NCc1ccc(C(=O)NCCCNC(=O)C2CC2)cc1. The Bertz CT molecular complexity index is 467.